The van der Waals surface area contributed by atoms with E-state index in [0.29, 0.717) is 5.56 Å². The van der Waals surface area contributed by atoms with E-state index in [2.05, 4.69) is 25.2 Å². The average Bonchev–Trinajstić information content (AvgIpc) is 3.34. The Morgan fingerprint density at radius 1 is 1.39 bits per heavy atom. The number of carbonyl (C=O) groups is 1. The van der Waals surface area contributed by atoms with Gasteiger partial charge in [0, 0.05) is 30.8 Å². The van der Waals surface area contributed by atoms with Crippen LogP contribution < -0.4 is 10.2 Å². The molecule has 1 saturated carbocycles. The first-order valence-electron chi connectivity index (χ1n) is 10.5. The number of nitriles is 1. The highest BCUT2D eigenvalue weighted by molar-refractivity contribution is 5.88. The fourth-order valence-corrected chi connectivity index (χ4v) is 4.87. The van der Waals surface area contributed by atoms with Crippen molar-refractivity contribution in [2.75, 3.05) is 18.0 Å². The Bertz CT molecular complexity index is 1190. The summed E-state index contributed by atoms with van der Waals surface area (Å²) in [5, 5.41) is 12.9. The van der Waals surface area contributed by atoms with Crippen molar-refractivity contribution in [3.63, 3.8) is 0 Å². The van der Waals surface area contributed by atoms with Crippen LogP contribution in [0.25, 0.3) is 11.0 Å². The van der Waals surface area contributed by atoms with E-state index in [1.165, 1.54) is 6.07 Å². The number of piperidine rings is 1. The highest BCUT2D eigenvalue weighted by atomic mass is 19.1. The summed E-state index contributed by atoms with van der Waals surface area (Å²) in [5.74, 6) is 0.311. The number of rotatable bonds is 4. The van der Waals surface area contributed by atoms with Crippen molar-refractivity contribution in [3.8, 4) is 6.07 Å². The number of amides is 1. The van der Waals surface area contributed by atoms with Crippen LogP contribution in [0.5, 0.6) is 0 Å². The highest BCUT2D eigenvalue weighted by Crippen LogP contribution is 2.56. The summed E-state index contributed by atoms with van der Waals surface area (Å²) < 4.78 is 14.4. The summed E-state index contributed by atoms with van der Waals surface area (Å²) >= 11 is 0. The second-order valence-electron chi connectivity index (χ2n) is 8.64. The van der Waals surface area contributed by atoms with E-state index < -0.39 is 11.9 Å². The van der Waals surface area contributed by atoms with E-state index in [4.69, 9.17) is 5.26 Å². The molecule has 1 aliphatic heterocycles. The quantitative estimate of drug-likeness (QED) is 0.676. The second kappa shape index (κ2) is 7.34. The lowest BCUT2D eigenvalue weighted by Crippen LogP contribution is -2.48. The number of anilines is 1. The molecule has 1 saturated heterocycles. The Morgan fingerprint density at radius 3 is 2.97 bits per heavy atom. The van der Waals surface area contributed by atoms with Crippen molar-refractivity contribution >= 4 is 22.8 Å². The highest BCUT2D eigenvalue weighted by Gasteiger charge is 2.55. The van der Waals surface area contributed by atoms with Gasteiger partial charge in [-0.05, 0) is 49.8 Å². The minimum Gasteiger partial charge on any atom is -0.355 e. The van der Waals surface area contributed by atoms with Crippen LogP contribution in [-0.4, -0.2) is 33.9 Å². The maximum Gasteiger partial charge on any atom is 0.224 e. The lowest BCUT2D eigenvalue weighted by atomic mass is 9.81. The standard InChI is InChI=1S/C23H23FN6O/c1-14(16-3-2-15(11-25)10-19(16)24)29-22(31)18-5-9-30(12-23(18)6-7-23)21-17-4-8-26-20(17)27-13-28-21/h2-4,8,10,13-14,18H,5-7,9,12H2,1H3,(H,29,31)(H,26,27,28)/t14-,18?/m0/s1. The number of hydrogen-bond acceptors (Lipinski definition) is 5. The molecule has 2 aromatic heterocycles. The minimum absolute atomic E-state index is 0.0251. The smallest absolute Gasteiger partial charge is 0.224 e. The van der Waals surface area contributed by atoms with E-state index in [1.807, 2.05) is 18.3 Å². The molecule has 1 unspecified atom stereocenters. The maximum atomic E-state index is 14.4. The van der Waals surface area contributed by atoms with Crippen molar-refractivity contribution < 1.29 is 9.18 Å². The van der Waals surface area contributed by atoms with Crippen molar-refractivity contribution in [3.05, 3.63) is 53.7 Å². The summed E-state index contributed by atoms with van der Waals surface area (Å²) in [4.78, 5) is 27.3. The predicted octanol–water partition coefficient (Wildman–Crippen LogP) is 3.45. The Balaban J connectivity index is 1.30. The zero-order valence-corrected chi connectivity index (χ0v) is 17.2. The fourth-order valence-electron chi connectivity index (χ4n) is 4.87. The van der Waals surface area contributed by atoms with Gasteiger partial charge < -0.3 is 15.2 Å². The summed E-state index contributed by atoms with van der Waals surface area (Å²) in [6.07, 6.45) is 6.16. The van der Waals surface area contributed by atoms with Crippen molar-refractivity contribution in [2.24, 2.45) is 11.3 Å². The van der Waals surface area contributed by atoms with Gasteiger partial charge in [0.25, 0.3) is 0 Å². The van der Waals surface area contributed by atoms with E-state index in [-0.39, 0.29) is 22.8 Å². The van der Waals surface area contributed by atoms with Crippen LogP contribution >= 0.6 is 0 Å². The largest absolute Gasteiger partial charge is 0.355 e. The van der Waals surface area contributed by atoms with Crippen LogP contribution in [0, 0.1) is 28.5 Å². The number of aromatic amines is 1. The first kappa shape index (κ1) is 19.5. The topological polar surface area (TPSA) is 97.7 Å². The molecule has 0 radical (unpaired) electrons. The summed E-state index contributed by atoms with van der Waals surface area (Å²) in [6, 6.07) is 7.81. The minimum atomic E-state index is -0.470. The molecule has 31 heavy (non-hydrogen) atoms. The molecule has 7 nitrogen and oxygen atoms in total. The molecule has 0 bridgehead atoms. The predicted molar refractivity (Wildman–Crippen MR) is 114 cm³/mol. The maximum absolute atomic E-state index is 14.4. The number of hydrogen-bond donors (Lipinski definition) is 2. The van der Waals surface area contributed by atoms with Crippen LogP contribution in [0.4, 0.5) is 10.2 Å². The fraction of sp³-hybridized carbons (Fsp3) is 0.391. The molecule has 2 N–H and O–H groups in total. The Kier molecular flexibility index (Phi) is 4.62. The van der Waals surface area contributed by atoms with Gasteiger partial charge in [0.1, 0.15) is 23.6 Å². The lowest BCUT2D eigenvalue weighted by molar-refractivity contribution is -0.128. The first-order chi connectivity index (χ1) is 15.0. The number of aromatic nitrogens is 3. The third kappa shape index (κ3) is 3.40. The van der Waals surface area contributed by atoms with Crippen molar-refractivity contribution in [1.82, 2.24) is 20.3 Å². The Morgan fingerprint density at radius 2 is 2.23 bits per heavy atom. The van der Waals surface area contributed by atoms with Crippen LogP contribution in [0.3, 0.4) is 0 Å². The monoisotopic (exact) mass is 418 g/mol. The van der Waals surface area contributed by atoms with E-state index in [0.717, 1.165) is 49.2 Å². The SMILES string of the molecule is C[C@H](NC(=O)C1CCN(c2ncnc3[nH]ccc23)CC12CC2)c1ccc(C#N)cc1F. The molecular weight excluding hydrogens is 395 g/mol. The second-order valence-corrected chi connectivity index (χ2v) is 8.64. The van der Waals surface area contributed by atoms with Crippen LogP contribution in [0.15, 0.2) is 36.8 Å². The number of carbonyl (C=O) groups excluding carboxylic acids is 1. The number of benzene rings is 1. The zero-order chi connectivity index (χ0) is 21.6. The van der Waals surface area contributed by atoms with Crippen LogP contribution in [-0.2, 0) is 4.79 Å². The normalized spacial score (nSPS) is 20.4. The molecular formula is C23H23FN6O. The first-order valence-corrected chi connectivity index (χ1v) is 10.5. The van der Waals surface area contributed by atoms with E-state index in [1.54, 1.807) is 25.4 Å². The van der Waals surface area contributed by atoms with Gasteiger partial charge in [-0.25, -0.2) is 14.4 Å². The molecule has 3 heterocycles. The number of nitrogens with one attached hydrogen (secondary N) is 2. The van der Waals surface area contributed by atoms with Gasteiger partial charge in [-0.3, -0.25) is 4.79 Å². The molecule has 8 heteroatoms. The molecule has 5 rings (SSSR count). The van der Waals surface area contributed by atoms with Gasteiger partial charge in [0.05, 0.1) is 23.1 Å². The van der Waals surface area contributed by atoms with Crippen molar-refractivity contribution in [1.29, 1.82) is 5.26 Å². The molecule has 158 valence electrons. The Hall–Kier alpha value is -3.47. The summed E-state index contributed by atoms with van der Waals surface area (Å²) in [6.45, 7) is 3.29. The van der Waals surface area contributed by atoms with Crippen LogP contribution in [0.2, 0.25) is 0 Å². The molecule has 1 aliphatic carbocycles. The molecule has 1 amide bonds. The average molecular weight is 418 g/mol. The van der Waals surface area contributed by atoms with Gasteiger partial charge in [0.15, 0.2) is 0 Å². The third-order valence-electron chi connectivity index (χ3n) is 6.73. The zero-order valence-electron chi connectivity index (χ0n) is 17.2. The molecule has 3 aromatic rings. The lowest BCUT2D eigenvalue weighted by Gasteiger charge is -2.39. The molecule has 2 fully saturated rings. The third-order valence-corrected chi connectivity index (χ3v) is 6.73. The van der Waals surface area contributed by atoms with Crippen molar-refractivity contribution in [2.45, 2.75) is 32.2 Å². The van der Waals surface area contributed by atoms with Gasteiger partial charge in [-0.2, -0.15) is 5.26 Å². The number of nitrogens with zero attached hydrogens (tertiary/aromatic N) is 4. The number of halogens is 1. The van der Waals surface area contributed by atoms with E-state index >= 15 is 0 Å². The molecule has 2 aliphatic rings. The van der Waals surface area contributed by atoms with E-state index in [9.17, 15) is 9.18 Å². The molecule has 1 aromatic carbocycles. The Labute approximate surface area is 179 Å². The van der Waals surface area contributed by atoms with Gasteiger partial charge in [0.2, 0.25) is 5.91 Å². The molecule has 2 atom stereocenters. The number of H-pyrrole nitrogens is 1. The van der Waals surface area contributed by atoms with Gasteiger partial charge in [-0.1, -0.05) is 6.07 Å². The summed E-state index contributed by atoms with van der Waals surface area (Å²) in [7, 11) is 0. The number of fused-ring (bicyclic) bond motifs is 1. The molecule has 1 spiro atoms. The summed E-state index contributed by atoms with van der Waals surface area (Å²) in [5.41, 5.74) is 1.42. The van der Waals surface area contributed by atoms with Gasteiger partial charge in [-0.15, -0.1) is 0 Å². The van der Waals surface area contributed by atoms with Gasteiger partial charge >= 0.3 is 0 Å². The van der Waals surface area contributed by atoms with Crippen LogP contribution in [0.1, 0.15) is 43.4 Å².